The Morgan fingerprint density at radius 3 is 2.76 bits per heavy atom. The number of rotatable bonds is 4. The van der Waals surface area contributed by atoms with Crippen LogP contribution in [0.5, 0.6) is 0 Å². The molecule has 0 radical (unpaired) electrons. The Morgan fingerprint density at radius 1 is 1.41 bits per heavy atom. The molecule has 0 aliphatic heterocycles. The van der Waals surface area contributed by atoms with Gasteiger partial charge in [-0.25, -0.2) is 0 Å². The fraction of sp³-hybridized carbons (Fsp3) is 0.273. The van der Waals surface area contributed by atoms with E-state index in [2.05, 4.69) is 48.6 Å². The molecule has 0 aromatic carbocycles. The van der Waals surface area contributed by atoms with Gasteiger partial charge in [-0.2, -0.15) is 5.10 Å². The van der Waals surface area contributed by atoms with Gasteiger partial charge >= 0.3 is 0 Å². The maximum atomic E-state index is 9.14. The highest BCUT2D eigenvalue weighted by Gasteiger charge is 2.15. The third-order valence-corrected chi connectivity index (χ3v) is 3.41. The summed E-state index contributed by atoms with van der Waals surface area (Å²) in [5.74, 6) is 0. The van der Waals surface area contributed by atoms with E-state index in [1.807, 2.05) is 23.0 Å². The summed E-state index contributed by atoms with van der Waals surface area (Å²) in [4.78, 5) is 4.36. The van der Waals surface area contributed by atoms with Gasteiger partial charge in [-0.15, -0.1) is 0 Å². The van der Waals surface area contributed by atoms with Crippen LogP contribution in [-0.2, 0) is 0 Å². The van der Waals surface area contributed by atoms with E-state index in [0.29, 0.717) is 6.42 Å². The summed E-state index contributed by atoms with van der Waals surface area (Å²) in [6, 6.07) is 3.87. The lowest BCUT2D eigenvalue weighted by molar-refractivity contribution is 0.262. The van der Waals surface area contributed by atoms with Crippen molar-refractivity contribution >= 4 is 38.5 Å². The maximum Gasteiger partial charge on any atom is 0.0961 e. The van der Waals surface area contributed by atoms with E-state index in [4.69, 9.17) is 5.11 Å². The number of halogens is 2. The summed E-state index contributed by atoms with van der Waals surface area (Å²) in [6.07, 6.45) is 6.11. The van der Waals surface area contributed by atoms with Crippen LogP contribution in [0.3, 0.4) is 0 Å². The quantitative estimate of drug-likeness (QED) is 0.792. The molecular weight excluding hydrogens is 397 g/mol. The highest BCUT2D eigenvalue weighted by atomic mass is 127. The normalized spacial score (nSPS) is 12.6. The minimum Gasteiger partial charge on any atom is -0.396 e. The molecule has 0 spiro atoms. The number of aliphatic hydroxyl groups is 1. The van der Waals surface area contributed by atoms with Crippen molar-refractivity contribution in [2.24, 2.45) is 0 Å². The molecule has 0 bridgehead atoms. The summed E-state index contributed by atoms with van der Waals surface area (Å²) >= 11 is 5.57. The lowest BCUT2D eigenvalue weighted by atomic mass is 10.1. The molecule has 2 aromatic rings. The number of hydrogen-bond donors (Lipinski definition) is 1. The lowest BCUT2D eigenvalue weighted by Gasteiger charge is -2.15. The number of aromatic nitrogens is 3. The monoisotopic (exact) mass is 407 g/mol. The number of pyridine rings is 1. The fourth-order valence-corrected chi connectivity index (χ4v) is 2.25. The minimum absolute atomic E-state index is 0.0170. The summed E-state index contributed by atoms with van der Waals surface area (Å²) in [5.41, 5.74) is 0.904. The van der Waals surface area contributed by atoms with Crippen LogP contribution >= 0.6 is 38.5 Å². The first-order chi connectivity index (χ1) is 8.20. The molecule has 2 rings (SSSR count). The third-order valence-electron chi connectivity index (χ3n) is 2.38. The molecule has 90 valence electrons. The second-order valence-electron chi connectivity index (χ2n) is 3.57. The van der Waals surface area contributed by atoms with Crippen LogP contribution < -0.4 is 0 Å². The van der Waals surface area contributed by atoms with E-state index in [9.17, 15) is 0 Å². The van der Waals surface area contributed by atoms with E-state index < -0.39 is 0 Å². The molecule has 0 aliphatic rings. The molecule has 0 aliphatic carbocycles. The van der Waals surface area contributed by atoms with E-state index in [1.165, 1.54) is 0 Å². The van der Waals surface area contributed by atoms with Gasteiger partial charge in [-0.05, 0) is 57.1 Å². The Kier molecular flexibility index (Phi) is 4.52. The largest absolute Gasteiger partial charge is 0.396 e. The molecule has 0 saturated heterocycles. The maximum absolute atomic E-state index is 9.14. The first-order valence-corrected chi connectivity index (χ1v) is 7.00. The Balaban J connectivity index is 2.31. The molecule has 6 heteroatoms. The number of nitrogens with zero attached hydrogens (tertiary/aromatic N) is 3. The van der Waals surface area contributed by atoms with Crippen LogP contribution in [0, 0.1) is 3.57 Å². The molecule has 1 unspecified atom stereocenters. The van der Waals surface area contributed by atoms with Gasteiger partial charge in [0.2, 0.25) is 0 Å². The van der Waals surface area contributed by atoms with Crippen molar-refractivity contribution in [1.82, 2.24) is 14.8 Å². The highest BCUT2D eigenvalue weighted by Crippen LogP contribution is 2.21. The molecular formula is C11H11BrIN3O. The zero-order chi connectivity index (χ0) is 12.3. The van der Waals surface area contributed by atoms with Gasteiger partial charge in [-0.1, -0.05) is 0 Å². The van der Waals surface area contributed by atoms with Crippen molar-refractivity contribution in [2.45, 2.75) is 12.5 Å². The van der Waals surface area contributed by atoms with Gasteiger partial charge in [0.1, 0.15) is 0 Å². The molecule has 17 heavy (non-hydrogen) atoms. The van der Waals surface area contributed by atoms with E-state index >= 15 is 0 Å². The van der Waals surface area contributed by atoms with Crippen molar-refractivity contribution < 1.29 is 5.11 Å². The Labute approximate surface area is 121 Å². The molecule has 1 N–H and O–H groups in total. The van der Waals surface area contributed by atoms with Crippen molar-refractivity contribution in [3.05, 3.63) is 44.5 Å². The average molecular weight is 408 g/mol. The standard InChI is InChI=1S/C11H11BrIN3O/c12-8-1-2-10(14-5-8)11(3-4-17)16-7-9(13)6-15-16/h1-2,5-7,11,17H,3-4H2. The molecule has 4 nitrogen and oxygen atoms in total. The van der Waals surface area contributed by atoms with Crippen molar-refractivity contribution in [3.8, 4) is 0 Å². The van der Waals surface area contributed by atoms with Gasteiger partial charge in [0.15, 0.2) is 0 Å². The predicted molar refractivity (Wildman–Crippen MR) is 76.7 cm³/mol. The first-order valence-electron chi connectivity index (χ1n) is 5.12. The molecule has 1 atom stereocenters. The van der Waals surface area contributed by atoms with Crippen LogP contribution in [0.4, 0.5) is 0 Å². The van der Waals surface area contributed by atoms with E-state index in [-0.39, 0.29) is 12.6 Å². The lowest BCUT2D eigenvalue weighted by Crippen LogP contribution is -2.14. The second-order valence-corrected chi connectivity index (χ2v) is 5.73. The highest BCUT2D eigenvalue weighted by molar-refractivity contribution is 14.1. The zero-order valence-electron chi connectivity index (χ0n) is 8.92. The van der Waals surface area contributed by atoms with Crippen molar-refractivity contribution in [2.75, 3.05) is 6.61 Å². The SMILES string of the molecule is OCCC(c1ccc(Br)cn1)n1cc(I)cn1. The van der Waals surface area contributed by atoms with Gasteiger partial charge in [0, 0.05) is 23.5 Å². The van der Waals surface area contributed by atoms with Crippen LogP contribution in [-0.4, -0.2) is 26.5 Å². The van der Waals surface area contributed by atoms with Crippen LogP contribution in [0.25, 0.3) is 0 Å². The van der Waals surface area contributed by atoms with Gasteiger partial charge in [0.25, 0.3) is 0 Å². The van der Waals surface area contributed by atoms with Crippen LogP contribution in [0.15, 0.2) is 35.2 Å². The van der Waals surface area contributed by atoms with Gasteiger partial charge in [0.05, 0.1) is 21.5 Å². The third kappa shape index (κ3) is 3.26. The number of aliphatic hydroxyl groups excluding tert-OH is 1. The van der Waals surface area contributed by atoms with Gasteiger partial charge < -0.3 is 5.11 Å². The predicted octanol–water partition coefficient (Wildman–Crippen LogP) is 2.62. The Hall–Kier alpha value is -0.470. The Bertz CT molecular complexity index is 486. The summed E-state index contributed by atoms with van der Waals surface area (Å²) in [5, 5.41) is 13.4. The smallest absolute Gasteiger partial charge is 0.0961 e. The molecule has 2 heterocycles. The summed E-state index contributed by atoms with van der Waals surface area (Å²) < 4.78 is 3.86. The summed E-state index contributed by atoms with van der Waals surface area (Å²) in [6.45, 7) is 0.110. The van der Waals surface area contributed by atoms with Crippen LogP contribution in [0.2, 0.25) is 0 Å². The molecule has 2 aromatic heterocycles. The topological polar surface area (TPSA) is 50.9 Å². The van der Waals surface area contributed by atoms with Crippen molar-refractivity contribution in [3.63, 3.8) is 0 Å². The average Bonchev–Trinajstić information content (AvgIpc) is 2.74. The zero-order valence-corrected chi connectivity index (χ0v) is 12.7. The van der Waals surface area contributed by atoms with Crippen LogP contribution in [0.1, 0.15) is 18.2 Å². The summed E-state index contributed by atoms with van der Waals surface area (Å²) in [7, 11) is 0. The second kappa shape index (κ2) is 5.92. The van der Waals surface area contributed by atoms with Crippen molar-refractivity contribution in [1.29, 1.82) is 0 Å². The Morgan fingerprint density at radius 2 is 2.24 bits per heavy atom. The molecule has 0 amide bonds. The van der Waals surface area contributed by atoms with E-state index in [1.54, 1.807) is 12.4 Å². The fourth-order valence-electron chi connectivity index (χ4n) is 1.61. The molecule has 0 fully saturated rings. The van der Waals surface area contributed by atoms with E-state index in [0.717, 1.165) is 13.7 Å². The first kappa shape index (κ1) is 13.0. The number of hydrogen-bond acceptors (Lipinski definition) is 3. The van der Waals surface area contributed by atoms with Gasteiger partial charge in [-0.3, -0.25) is 9.67 Å². The minimum atomic E-state index is -0.0170. The molecule has 0 saturated carbocycles.